The van der Waals surface area contributed by atoms with Crippen molar-refractivity contribution in [2.45, 2.75) is 46.0 Å². The van der Waals surface area contributed by atoms with Crippen molar-refractivity contribution < 1.29 is 9.90 Å². The van der Waals surface area contributed by atoms with Gasteiger partial charge in [-0.2, -0.15) is 0 Å². The molecule has 16 heavy (non-hydrogen) atoms. The van der Waals surface area contributed by atoms with E-state index in [1.54, 1.807) is 0 Å². The van der Waals surface area contributed by atoms with Gasteiger partial charge < -0.3 is 5.11 Å². The molecule has 0 saturated heterocycles. The summed E-state index contributed by atoms with van der Waals surface area (Å²) < 4.78 is 0. The molecule has 0 saturated carbocycles. The van der Waals surface area contributed by atoms with Gasteiger partial charge in [0.15, 0.2) is 0 Å². The number of rotatable bonds is 6. The number of unbranched alkanes of at least 4 members (excludes halogenated alkanes) is 1. The third-order valence-electron chi connectivity index (χ3n) is 2.83. The Balaban J connectivity index is 2.50. The van der Waals surface area contributed by atoms with E-state index in [9.17, 15) is 4.79 Å². The van der Waals surface area contributed by atoms with E-state index >= 15 is 0 Å². The summed E-state index contributed by atoms with van der Waals surface area (Å²) >= 11 is 0. The van der Waals surface area contributed by atoms with Gasteiger partial charge in [0.2, 0.25) is 0 Å². The molecule has 0 amide bonds. The number of benzene rings is 1. The summed E-state index contributed by atoms with van der Waals surface area (Å²) in [6, 6.07) is 6.53. The zero-order valence-corrected chi connectivity index (χ0v) is 10.1. The van der Waals surface area contributed by atoms with Crippen molar-refractivity contribution >= 4 is 5.97 Å². The van der Waals surface area contributed by atoms with Crippen molar-refractivity contribution in [3.05, 3.63) is 34.9 Å². The summed E-state index contributed by atoms with van der Waals surface area (Å²) in [5.41, 5.74) is 4.07. The lowest BCUT2D eigenvalue weighted by Gasteiger charge is -2.08. The van der Waals surface area contributed by atoms with Crippen LogP contribution in [0, 0.1) is 6.92 Å². The highest BCUT2D eigenvalue weighted by atomic mass is 16.4. The molecule has 88 valence electrons. The van der Waals surface area contributed by atoms with Gasteiger partial charge >= 0.3 is 5.97 Å². The van der Waals surface area contributed by atoms with Crippen molar-refractivity contribution in [2.24, 2.45) is 0 Å². The standard InChI is InChI=1S/C14H20O2/c1-3-12-10-11(2)8-9-13(12)6-4-5-7-14(15)16/h8-10H,3-7H2,1-2H3,(H,15,16). The number of carbonyl (C=O) groups is 1. The fourth-order valence-electron chi connectivity index (χ4n) is 1.92. The van der Waals surface area contributed by atoms with E-state index in [2.05, 4.69) is 32.0 Å². The SMILES string of the molecule is CCc1cc(C)ccc1CCCCC(=O)O. The Morgan fingerprint density at radius 2 is 2.00 bits per heavy atom. The Labute approximate surface area is 97.3 Å². The van der Waals surface area contributed by atoms with Crippen LogP contribution in [0.25, 0.3) is 0 Å². The van der Waals surface area contributed by atoms with Crippen LogP contribution in [0.4, 0.5) is 0 Å². The van der Waals surface area contributed by atoms with Crippen molar-refractivity contribution in [3.8, 4) is 0 Å². The Hall–Kier alpha value is -1.31. The third kappa shape index (κ3) is 4.05. The second-order valence-corrected chi connectivity index (χ2v) is 4.23. The largest absolute Gasteiger partial charge is 0.481 e. The zero-order chi connectivity index (χ0) is 12.0. The molecule has 2 nitrogen and oxygen atoms in total. The van der Waals surface area contributed by atoms with Crippen molar-refractivity contribution in [1.82, 2.24) is 0 Å². The van der Waals surface area contributed by atoms with Gasteiger partial charge in [0.1, 0.15) is 0 Å². The second kappa shape index (κ2) is 6.31. The minimum Gasteiger partial charge on any atom is -0.481 e. The molecule has 0 aliphatic heterocycles. The number of hydrogen-bond acceptors (Lipinski definition) is 1. The van der Waals surface area contributed by atoms with Gasteiger partial charge in [-0.3, -0.25) is 4.79 Å². The van der Waals surface area contributed by atoms with Crippen molar-refractivity contribution in [2.75, 3.05) is 0 Å². The lowest BCUT2D eigenvalue weighted by atomic mass is 9.98. The molecule has 0 unspecified atom stereocenters. The van der Waals surface area contributed by atoms with Crippen molar-refractivity contribution in [3.63, 3.8) is 0 Å². The van der Waals surface area contributed by atoms with Crippen LogP contribution in [0.3, 0.4) is 0 Å². The molecule has 2 heteroatoms. The van der Waals surface area contributed by atoms with Crippen LogP contribution in [0.2, 0.25) is 0 Å². The summed E-state index contributed by atoms with van der Waals surface area (Å²) in [5.74, 6) is -0.695. The molecular formula is C14H20O2. The average Bonchev–Trinajstić information content (AvgIpc) is 2.25. The summed E-state index contributed by atoms with van der Waals surface area (Å²) in [6.45, 7) is 4.27. The van der Waals surface area contributed by atoms with Gasteiger partial charge in [-0.1, -0.05) is 30.7 Å². The van der Waals surface area contributed by atoms with Crippen LogP contribution in [0.1, 0.15) is 42.9 Å². The van der Waals surface area contributed by atoms with E-state index < -0.39 is 5.97 Å². The Bertz CT molecular complexity index is 356. The number of aliphatic carboxylic acids is 1. The van der Waals surface area contributed by atoms with Gasteiger partial charge in [0, 0.05) is 6.42 Å². The number of aryl methyl sites for hydroxylation is 3. The average molecular weight is 220 g/mol. The van der Waals surface area contributed by atoms with E-state index in [4.69, 9.17) is 5.11 Å². The summed E-state index contributed by atoms with van der Waals surface area (Å²) in [5, 5.41) is 8.55. The van der Waals surface area contributed by atoms with E-state index in [-0.39, 0.29) is 6.42 Å². The maximum atomic E-state index is 10.4. The first-order valence-electron chi connectivity index (χ1n) is 5.93. The lowest BCUT2D eigenvalue weighted by Crippen LogP contribution is -1.97. The predicted octanol–water partition coefficient (Wildman–Crippen LogP) is 3.35. The molecule has 0 radical (unpaired) electrons. The first-order valence-corrected chi connectivity index (χ1v) is 5.93. The fraction of sp³-hybridized carbons (Fsp3) is 0.500. The molecule has 0 aliphatic carbocycles. The highest BCUT2D eigenvalue weighted by Gasteiger charge is 2.02. The molecule has 1 aromatic carbocycles. The van der Waals surface area contributed by atoms with E-state index in [1.807, 2.05) is 0 Å². The molecule has 1 N–H and O–H groups in total. The normalized spacial score (nSPS) is 10.4. The molecule has 0 fully saturated rings. The Morgan fingerprint density at radius 1 is 1.25 bits per heavy atom. The summed E-state index contributed by atoms with van der Waals surface area (Å²) in [7, 11) is 0. The lowest BCUT2D eigenvalue weighted by molar-refractivity contribution is -0.137. The maximum absolute atomic E-state index is 10.4. The number of carboxylic acid groups (broad SMARTS) is 1. The molecule has 1 aromatic rings. The molecule has 0 heterocycles. The topological polar surface area (TPSA) is 37.3 Å². The van der Waals surface area contributed by atoms with Crippen LogP contribution in [0.15, 0.2) is 18.2 Å². The molecule has 0 atom stereocenters. The summed E-state index contributed by atoms with van der Waals surface area (Å²) in [6.07, 6.45) is 4.06. The Kier molecular flexibility index (Phi) is 5.03. The minimum atomic E-state index is -0.695. The van der Waals surface area contributed by atoms with Gasteiger partial charge in [0.25, 0.3) is 0 Å². The number of hydrogen-bond donors (Lipinski definition) is 1. The van der Waals surface area contributed by atoms with Crippen LogP contribution >= 0.6 is 0 Å². The van der Waals surface area contributed by atoms with Gasteiger partial charge in [-0.15, -0.1) is 0 Å². The van der Waals surface area contributed by atoms with Gasteiger partial charge in [0.05, 0.1) is 0 Å². The highest BCUT2D eigenvalue weighted by molar-refractivity contribution is 5.66. The van der Waals surface area contributed by atoms with Gasteiger partial charge in [-0.25, -0.2) is 0 Å². The van der Waals surface area contributed by atoms with Crippen LogP contribution < -0.4 is 0 Å². The van der Waals surface area contributed by atoms with E-state index in [0.717, 1.165) is 25.7 Å². The van der Waals surface area contributed by atoms with Crippen LogP contribution in [-0.2, 0) is 17.6 Å². The summed E-state index contributed by atoms with van der Waals surface area (Å²) in [4.78, 5) is 10.4. The molecule has 0 aliphatic rings. The monoisotopic (exact) mass is 220 g/mol. The molecular weight excluding hydrogens is 200 g/mol. The second-order valence-electron chi connectivity index (χ2n) is 4.23. The number of carboxylic acids is 1. The fourth-order valence-corrected chi connectivity index (χ4v) is 1.92. The Morgan fingerprint density at radius 3 is 2.62 bits per heavy atom. The van der Waals surface area contributed by atoms with Crippen molar-refractivity contribution in [1.29, 1.82) is 0 Å². The molecule has 0 spiro atoms. The predicted molar refractivity (Wildman–Crippen MR) is 65.7 cm³/mol. The van der Waals surface area contributed by atoms with Crippen LogP contribution in [-0.4, -0.2) is 11.1 Å². The zero-order valence-electron chi connectivity index (χ0n) is 10.1. The highest BCUT2D eigenvalue weighted by Crippen LogP contribution is 2.15. The van der Waals surface area contributed by atoms with E-state index in [1.165, 1.54) is 16.7 Å². The molecule has 1 rings (SSSR count). The minimum absolute atomic E-state index is 0.285. The third-order valence-corrected chi connectivity index (χ3v) is 2.83. The molecule has 0 aromatic heterocycles. The quantitative estimate of drug-likeness (QED) is 0.746. The first-order chi connectivity index (χ1) is 7.63. The maximum Gasteiger partial charge on any atom is 0.303 e. The van der Waals surface area contributed by atoms with Gasteiger partial charge in [-0.05, 0) is 43.7 Å². The van der Waals surface area contributed by atoms with Crippen LogP contribution in [0.5, 0.6) is 0 Å². The smallest absolute Gasteiger partial charge is 0.303 e. The molecule has 0 bridgehead atoms. The first kappa shape index (κ1) is 12.8. The van der Waals surface area contributed by atoms with E-state index in [0.29, 0.717) is 0 Å².